The summed E-state index contributed by atoms with van der Waals surface area (Å²) in [6.45, 7) is 2.13. The van der Waals surface area contributed by atoms with Crippen molar-refractivity contribution in [3.8, 4) is 23.0 Å². The van der Waals surface area contributed by atoms with Crippen molar-refractivity contribution < 1.29 is 32.2 Å². The number of anilines is 1. The van der Waals surface area contributed by atoms with Gasteiger partial charge >= 0.3 is 0 Å². The van der Waals surface area contributed by atoms with Crippen LogP contribution in [0.5, 0.6) is 23.0 Å². The van der Waals surface area contributed by atoms with Crippen molar-refractivity contribution in [1.82, 2.24) is 4.98 Å². The maximum absolute atomic E-state index is 13.4. The number of halogens is 1. The summed E-state index contributed by atoms with van der Waals surface area (Å²) in [4.78, 5) is 17.5. The first kappa shape index (κ1) is 25.0. The molecule has 0 saturated heterocycles. The van der Waals surface area contributed by atoms with Gasteiger partial charge in [-0.15, -0.1) is 12.4 Å². The molecule has 11 heteroatoms. The van der Waals surface area contributed by atoms with Crippen molar-refractivity contribution in [3.05, 3.63) is 47.8 Å². The summed E-state index contributed by atoms with van der Waals surface area (Å²) in [6, 6.07) is 6.39. The van der Waals surface area contributed by atoms with Crippen molar-refractivity contribution in [2.75, 3.05) is 32.7 Å². The van der Waals surface area contributed by atoms with E-state index >= 15 is 0 Å². The van der Waals surface area contributed by atoms with Crippen molar-refractivity contribution in [2.45, 2.75) is 6.92 Å². The lowest BCUT2D eigenvalue weighted by Crippen LogP contribution is -2.07. The number of nitrogens with zero attached hydrogens (tertiary/aromatic N) is 1. The van der Waals surface area contributed by atoms with Gasteiger partial charge < -0.3 is 18.9 Å². The summed E-state index contributed by atoms with van der Waals surface area (Å²) in [6.07, 6.45) is 2.90. The molecule has 0 unspecified atom stereocenters. The highest BCUT2D eigenvalue weighted by atomic mass is 35.5. The number of thiol groups is 1. The lowest BCUT2D eigenvalue weighted by molar-refractivity contribution is 0.103. The van der Waals surface area contributed by atoms with Crippen molar-refractivity contribution in [2.24, 2.45) is 0 Å². The third kappa shape index (κ3) is 4.81. The lowest BCUT2D eigenvalue weighted by Gasteiger charge is -2.15. The predicted molar refractivity (Wildman–Crippen MR) is 124 cm³/mol. The van der Waals surface area contributed by atoms with Crippen LogP contribution in [0, 0.1) is 0 Å². The lowest BCUT2D eigenvalue weighted by atomic mass is 9.98. The molecule has 0 spiro atoms. The minimum Gasteiger partial charge on any atom is -0.493 e. The van der Waals surface area contributed by atoms with Gasteiger partial charge in [0.15, 0.2) is 17.3 Å². The topological polar surface area (TPSA) is 113 Å². The van der Waals surface area contributed by atoms with Gasteiger partial charge in [0.2, 0.25) is 16.6 Å². The summed E-state index contributed by atoms with van der Waals surface area (Å²) < 4.78 is 46.6. The summed E-state index contributed by atoms with van der Waals surface area (Å²) in [5, 5.41) is 0.944. The maximum Gasteiger partial charge on any atom is 0.222 e. The second-order valence-corrected chi connectivity index (χ2v) is 7.00. The minimum atomic E-state index is -2.95. The van der Waals surface area contributed by atoms with Gasteiger partial charge in [-0.1, -0.05) is 0 Å². The van der Waals surface area contributed by atoms with Gasteiger partial charge in [0.05, 0.1) is 33.6 Å². The van der Waals surface area contributed by atoms with E-state index < -0.39 is 10.9 Å². The Morgan fingerprint density at radius 1 is 0.969 bits per heavy atom. The second-order valence-electron chi connectivity index (χ2n) is 6.27. The Labute approximate surface area is 193 Å². The number of hydrogen-bond donors (Lipinski definition) is 2. The zero-order chi connectivity index (χ0) is 22.5. The van der Waals surface area contributed by atoms with Gasteiger partial charge in [0.25, 0.3) is 0 Å². The van der Waals surface area contributed by atoms with E-state index in [0.29, 0.717) is 45.9 Å². The number of ketones is 1. The first-order valence-corrected chi connectivity index (χ1v) is 10.4. The zero-order valence-corrected chi connectivity index (χ0v) is 19.5. The fourth-order valence-electron chi connectivity index (χ4n) is 3.26. The predicted octanol–water partition coefficient (Wildman–Crippen LogP) is 3.25. The highest BCUT2D eigenvalue weighted by Gasteiger charge is 2.21. The Hall–Kier alpha value is -3.24. The number of pyridine rings is 1. The smallest absolute Gasteiger partial charge is 0.222 e. The van der Waals surface area contributed by atoms with E-state index in [9.17, 15) is 13.2 Å². The van der Waals surface area contributed by atoms with Gasteiger partial charge in [-0.25, -0.2) is 8.42 Å². The Balaban J connectivity index is 0.00000363. The molecule has 172 valence electrons. The molecule has 0 aliphatic rings. The molecule has 0 bridgehead atoms. The molecule has 9 nitrogen and oxygen atoms in total. The number of carbonyl (C=O) groups is 1. The number of rotatable bonds is 9. The van der Waals surface area contributed by atoms with Gasteiger partial charge in [0, 0.05) is 28.9 Å². The van der Waals surface area contributed by atoms with Crippen molar-refractivity contribution in [3.63, 3.8) is 0 Å². The number of ether oxygens (including phenoxy) is 4. The average molecular weight is 483 g/mol. The van der Waals surface area contributed by atoms with Crippen LogP contribution in [0.3, 0.4) is 0 Å². The Morgan fingerprint density at radius 3 is 2.16 bits per heavy atom. The van der Waals surface area contributed by atoms with Gasteiger partial charge in [0.1, 0.15) is 5.75 Å². The number of methoxy groups -OCH3 is 3. The Bertz CT molecular complexity index is 1180. The molecule has 0 atom stereocenters. The van der Waals surface area contributed by atoms with E-state index in [4.69, 9.17) is 18.9 Å². The van der Waals surface area contributed by atoms with Crippen LogP contribution in [0.15, 0.2) is 36.7 Å². The van der Waals surface area contributed by atoms with Crippen LogP contribution in [-0.2, 0) is 10.9 Å². The fourth-order valence-corrected chi connectivity index (χ4v) is 3.67. The number of nitrogens with one attached hydrogen (secondary N) is 1. The van der Waals surface area contributed by atoms with Gasteiger partial charge in [-0.05, 0) is 36.6 Å². The molecule has 0 aliphatic heterocycles. The largest absolute Gasteiger partial charge is 0.493 e. The van der Waals surface area contributed by atoms with E-state index in [1.807, 2.05) is 0 Å². The number of aromatic nitrogens is 1. The van der Waals surface area contributed by atoms with E-state index in [1.165, 1.54) is 33.7 Å². The van der Waals surface area contributed by atoms with E-state index in [-0.39, 0.29) is 29.4 Å². The van der Waals surface area contributed by atoms with Crippen molar-refractivity contribution >= 4 is 45.5 Å². The molecule has 3 aromatic rings. The maximum atomic E-state index is 13.4. The molecule has 32 heavy (non-hydrogen) atoms. The van der Waals surface area contributed by atoms with Crippen LogP contribution >= 0.6 is 12.4 Å². The highest BCUT2D eigenvalue weighted by Crippen LogP contribution is 2.40. The van der Waals surface area contributed by atoms with E-state index in [0.717, 1.165) is 0 Å². The molecule has 1 aromatic heterocycles. The number of hydrogen-bond acceptors (Lipinski definition) is 8. The van der Waals surface area contributed by atoms with Crippen molar-refractivity contribution in [1.29, 1.82) is 0 Å². The highest BCUT2D eigenvalue weighted by molar-refractivity contribution is 7.74. The zero-order valence-electron chi connectivity index (χ0n) is 17.8. The SMILES string of the molecule is CCOc1ccc2c(C(=O)c3cc(OC)c(OC)c(OC)c3)cncc2c1N[SH](=O)=O.Cl. The molecule has 0 fully saturated rings. The number of carbonyl (C=O) groups excluding carboxylic acids is 1. The van der Waals surface area contributed by atoms with Crippen LogP contribution in [-0.4, -0.2) is 47.1 Å². The summed E-state index contributed by atoms with van der Waals surface area (Å²) in [7, 11) is 1.44. The average Bonchev–Trinajstić information content (AvgIpc) is 2.78. The Kier molecular flexibility index (Phi) is 8.50. The van der Waals surface area contributed by atoms with Crippen LogP contribution in [0.4, 0.5) is 5.69 Å². The third-order valence-electron chi connectivity index (χ3n) is 4.58. The third-order valence-corrected chi connectivity index (χ3v) is 4.99. The molecular formula is C21H23ClN2O7S. The second kappa shape index (κ2) is 10.9. The molecule has 1 N–H and O–H groups in total. The molecular weight excluding hydrogens is 460 g/mol. The fraction of sp³-hybridized carbons (Fsp3) is 0.238. The van der Waals surface area contributed by atoms with Crippen LogP contribution in [0.1, 0.15) is 22.8 Å². The molecule has 0 amide bonds. The number of benzene rings is 2. The quantitative estimate of drug-likeness (QED) is 0.353. The van der Waals surface area contributed by atoms with Crippen LogP contribution in [0.25, 0.3) is 10.8 Å². The number of fused-ring (bicyclic) bond motifs is 1. The van der Waals surface area contributed by atoms with E-state index in [2.05, 4.69) is 9.71 Å². The normalized spacial score (nSPS) is 10.4. The first-order chi connectivity index (χ1) is 14.9. The molecule has 0 aliphatic carbocycles. The summed E-state index contributed by atoms with van der Waals surface area (Å²) >= 11 is 0. The molecule has 2 aromatic carbocycles. The Morgan fingerprint density at radius 2 is 1.62 bits per heavy atom. The van der Waals surface area contributed by atoms with Gasteiger partial charge in [-0.3, -0.25) is 14.5 Å². The first-order valence-electron chi connectivity index (χ1n) is 9.24. The molecule has 0 saturated carbocycles. The molecule has 3 rings (SSSR count). The monoisotopic (exact) mass is 482 g/mol. The minimum absolute atomic E-state index is 0. The van der Waals surface area contributed by atoms with Crippen LogP contribution in [0.2, 0.25) is 0 Å². The molecule has 0 radical (unpaired) electrons. The van der Waals surface area contributed by atoms with E-state index in [1.54, 1.807) is 31.2 Å². The van der Waals surface area contributed by atoms with Gasteiger partial charge in [-0.2, -0.15) is 0 Å². The summed E-state index contributed by atoms with van der Waals surface area (Å²) in [5.74, 6) is 1.03. The summed E-state index contributed by atoms with van der Waals surface area (Å²) in [5.41, 5.74) is 0.795. The van der Waals surface area contributed by atoms with Crippen LogP contribution < -0.4 is 23.7 Å². The standard InChI is InChI=1S/C21H22N2O7S.ClH/c1-5-30-16-7-6-13-14(19(16)23-31(25)26)10-22-11-15(13)20(24)12-8-17(27-2)21(29-4)18(9-12)28-3;/h6-11,31H,5H2,1-4H3,(H,23,25,26);1H. The molecule has 1 heterocycles.